The minimum Gasteiger partial charge on any atom is -0.339 e. The van der Waals surface area contributed by atoms with Crippen LogP contribution < -0.4 is 5.32 Å². The fraction of sp³-hybridized carbons (Fsp3) is 0.143. The average Bonchev–Trinajstić information content (AvgIpc) is 2.41. The molecule has 21 heavy (non-hydrogen) atoms. The normalized spacial score (nSPS) is 11.0. The number of alkyl halides is 3. The van der Waals surface area contributed by atoms with Crippen LogP contribution in [-0.2, 0) is 6.18 Å². The summed E-state index contributed by atoms with van der Waals surface area (Å²) in [6, 6.07) is 6.54. The lowest BCUT2D eigenvalue weighted by Crippen LogP contribution is -2.06. The molecule has 0 bridgehead atoms. The number of nitriles is 1. The Kier molecular flexibility index (Phi) is 4.19. The molecule has 3 nitrogen and oxygen atoms in total. The summed E-state index contributed by atoms with van der Waals surface area (Å²) < 4.78 is 38.7. The molecule has 1 heterocycles. The van der Waals surface area contributed by atoms with Gasteiger partial charge in [0.15, 0.2) is 0 Å². The molecule has 0 aliphatic rings. The first-order valence-electron chi connectivity index (χ1n) is 5.82. The van der Waals surface area contributed by atoms with Crippen molar-refractivity contribution in [1.29, 1.82) is 5.26 Å². The molecule has 0 aliphatic heterocycles. The Morgan fingerprint density at radius 3 is 2.57 bits per heavy atom. The van der Waals surface area contributed by atoms with Gasteiger partial charge in [-0.25, -0.2) is 4.98 Å². The first kappa shape index (κ1) is 15.3. The van der Waals surface area contributed by atoms with E-state index in [4.69, 9.17) is 5.26 Å². The number of rotatable bonds is 2. The summed E-state index contributed by atoms with van der Waals surface area (Å²) in [5.41, 5.74) is 0.135. The Morgan fingerprint density at radius 2 is 2.00 bits per heavy atom. The van der Waals surface area contributed by atoms with E-state index in [0.717, 1.165) is 22.2 Å². The molecular formula is C14H9BrF3N3. The molecule has 1 N–H and O–H groups in total. The lowest BCUT2D eigenvalue weighted by molar-refractivity contribution is -0.137. The standard InChI is InChI=1S/C14H9BrF3N3/c1-8-4-11(15)7-20-13(8)21-12-3-2-10(14(16,17)18)5-9(12)6-19/h2-5,7H,1H3,(H,20,21). The molecule has 1 aromatic carbocycles. The number of aryl methyl sites for hydroxylation is 1. The zero-order valence-electron chi connectivity index (χ0n) is 10.8. The van der Waals surface area contributed by atoms with Gasteiger partial charge in [-0.15, -0.1) is 0 Å². The molecule has 0 atom stereocenters. The summed E-state index contributed by atoms with van der Waals surface area (Å²) in [6.45, 7) is 1.80. The van der Waals surface area contributed by atoms with Crippen LogP contribution in [0.5, 0.6) is 0 Å². The van der Waals surface area contributed by atoms with Crippen LogP contribution in [0.1, 0.15) is 16.7 Å². The Balaban J connectivity index is 2.39. The molecule has 2 rings (SSSR count). The van der Waals surface area contributed by atoms with Gasteiger partial charge in [0.25, 0.3) is 0 Å². The highest BCUT2D eigenvalue weighted by Gasteiger charge is 2.31. The Labute approximate surface area is 127 Å². The number of hydrogen-bond acceptors (Lipinski definition) is 3. The van der Waals surface area contributed by atoms with E-state index in [1.54, 1.807) is 19.2 Å². The highest BCUT2D eigenvalue weighted by Crippen LogP contribution is 2.32. The van der Waals surface area contributed by atoms with Crippen molar-refractivity contribution in [3.8, 4) is 6.07 Å². The molecule has 0 unspecified atom stereocenters. The van der Waals surface area contributed by atoms with Crippen LogP contribution in [0.25, 0.3) is 0 Å². The lowest BCUT2D eigenvalue weighted by atomic mass is 10.1. The molecule has 0 saturated carbocycles. The molecule has 0 amide bonds. The molecule has 0 radical (unpaired) electrons. The van der Waals surface area contributed by atoms with Crippen molar-refractivity contribution < 1.29 is 13.2 Å². The maximum atomic E-state index is 12.6. The van der Waals surface area contributed by atoms with Gasteiger partial charge in [-0.2, -0.15) is 18.4 Å². The fourth-order valence-corrected chi connectivity index (χ4v) is 2.17. The molecule has 0 saturated heterocycles. The van der Waals surface area contributed by atoms with Gasteiger partial charge in [0.1, 0.15) is 11.9 Å². The van der Waals surface area contributed by atoms with E-state index < -0.39 is 11.7 Å². The summed E-state index contributed by atoms with van der Waals surface area (Å²) in [4.78, 5) is 4.13. The predicted molar refractivity (Wildman–Crippen MR) is 76.1 cm³/mol. The van der Waals surface area contributed by atoms with Crippen molar-refractivity contribution in [1.82, 2.24) is 4.98 Å². The summed E-state index contributed by atoms with van der Waals surface area (Å²) in [7, 11) is 0. The van der Waals surface area contributed by atoms with Crippen LogP contribution >= 0.6 is 15.9 Å². The summed E-state index contributed by atoms with van der Waals surface area (Å²) in [6.07, 6.45) is -2.92. The monoisotopic (exact) mass is 355 g/mol. The molecule has 0 fully saturated rings. The van der Waals surface area contributed by atoms with E-state index >= 15 is 0 Å². The van der Waals surface area contributed by atoms with Gasteiger partial charge in [-0.1, -0.05) is 0 Å². The number of anilines is 2. The minimum absolute atomic E-state index is 0.0889. The molecule has 2 aromatic rings. The SMILES string of the molecule is Cc1cc(Br)cnc1Nc1ccc(C(F)(F)F)cc1C#N. The first-order valence-corrected chi connectivity index (χ1v) is 6.61. The van der Waals surface area contributed by atoms with Crippen LogP contribution in [-0.4, -0.2) is 4.98 Å². The molecule has 1 aromatic heterocycles. The molecule has 7 heteroatoms. The molecule has 0 aliphatic carbocycles. The van der Waals surface area contributed by atoms with Gasteiger partial charge in [0.2, 0.25) is 0 Å². The van der Waals surface area contributed by atoms with Gasteiger partial charge in [-0.3, -0.25) is 0 Å². The van der Waals surface area contributed by atoms with Crippen LogP contribution in [0.15, 0.2) is 34.9 Å². The number of pyridine rings is 1. The van der Waals surface area contributed by atoms with Gasteiger partial charge in [0, 0.05) is 10.7 Å². The molecule has 108 valence electrons. The maximum Gasteiger partial charge on any atom is 0.416 e. The molecular weight excluding hydrogens is 347 g/mol. The minimum atomic E-state index is -4.48. The first-order chi connectivity index (χ1) is 9.81. The summed E-state index contributed by atoms with van der Waals surface area (Å²) in [5, 5.41) is 11.9. The van der Waals surface area contributed by atoms with Gasteiger partial charge in [0.05, 0.1) is 16.8 Å². The molecule has 0 spiro atoms. The number of benzene rings is 1. The van der Waals surface area contributed by atoms with Crippen molar-refractivity contribution in [3.63, 3.8) is 0 Å². The number of hydrogen-bond donors (Lipinski definition) is 1. The second kappa shape index (κ2) is 5.74. The van der Waals surface area contributed by atoms with Crippen molar-refractivity contribution in [2.24, 2.45) is 0 Å². The Hall–Kier alpha value is -2.07. The second-order valence-corrected chi connectivity index (χ2v) is 5.23. The van der Waals surface area contributed by atoms with E-state index in [-0.39, 0.29) is 11.3 Å². The van der Waals surface area contributed by atoms with Crippen LogP contribution in [0.4, 0.5) is 24.7 Å². The van der Waals surface area contributed by atoms with E-state index in [2.05, 4.69) is 26.2 Å². The quantitative estimate of drug-likeness (QED) is 0.842. The largest absolute Gasteiger partial charge is 0.416 e. The second-order valence-electron chi connectivity index (χ2n) is 4.31. The predicted octanol–water partition coefficient (Wildman–Crippen LogP) is 4.79. The topological polar surface area (TPSA) is 48.7 Å². The van der Waals surface area contributed by atoms with Gasteiger partial charge >= 0.3 is 6.18 Å². The number of nitrogens with one attached hydrogen (secondary N) is 1. The van der Waals surface area contributed by atoms with E-state index in [1.165, 1.54) is 6.07 Å². The van der Waals surface area contributed by atoms with E-state index in [9.17, 15) is 13.2 Å². The Morgan fingerprint density at radius 1 is 1.29 bits per heavy atom. The fourth-order valence-electron chi connectivity index (χ4n) is 1.72. The number of nitrogens with zero attached hydrogens (tertiary/aromatic N) is 2. The Bertz CT molecular complexity index is 720. The van der Waals surface area contributed by atoms with Crippen molar-refractivity contribution in [3.05, 3.63) is 51.6 Å². The third-order valence-corrected chi connectivity index (χ3v) is 3.20. The smallest absolute Gasteiger partial charge is 0.339 e. The third kappa shape index (κ3) is 3.52. The van der Waals surface area contributed by atoms with Gasteiger partial charge in [-0.05, 0) is 52.7 Å². The number of aromatic nitrogens is 1. The van der Waals surface area contributed by atoms with Crippen molar-refractivity contribution in [2.45, 2.75) is 13.1 Å². The van der Waals surface area contributed by atoms with Crippen molar-refractivity contribution in [2.75, 3.05) is 5.32 Å². The zero-order valence-corrected chi connectivity index (χ0v) is 12.4. The summed E-state index contributed by atoms with van der Waals surface area (Å²) >= 11 is 3.27. The third-order valence-electron chi connectivity index (χ3n) is 2.77. The van der Waals surface area contributed by atoms with E-state index in [1.807, 2.05) is 6.07 Å². The highest BCUT2D eigenvalue weighted by atomic mass is 79.9. The maximum absolute atomic E-state index is 12.6. The lowest BCUT2D eigenvalue weighted by Gasteiger charge is -2.12. The average molecular weight is 356 g/mol. The summed E-state index contributed by atoms with van der Waals surface area (Å²) in [5.74, 6) is 0.481. The van der Waals surface area contributed by atoms with Gasteiger partial charge < -0.3 is 5.32 Å². The highest BCUT2D eigenvalue weighted by molar-refractivity contribution is 9.10. The van der Waals surface area contributed by atoms with Crippen molar-refractivity contribution >= 4 is 27.4 Å². The van der Waals surface area contributed by atoms with Crippen LogP contribution in [0, 0.1) is 18.3 Å². The van der Waals surface area contributed by atoms with E-state index in [0.29, 0.717) is 5.82 Å². The van der Waals surface area contributed by atoms with Crippen LogP contribution in [0.2, 0.25) is 0 Å². The van der Waals surface area contributed by atoms with Crippen LogP contribution in [0.3, 0.4) is 0 Å². The zero-order chi connectivity index (χ0) is 15.6. The number of halogens is 4.